The Morgan fingerprint density at radius 2 is 1.59 bits per heavy atom. The Morgan fingerprint density at radius 3 is 2.23 bits per heavy atom. The molecule has 4 heteroatoms. The third-order valence-corrected chi connectivity index (χ3v) is 5.82. The molecule has 0 bridgehead atoms. The average molecular weight is 310 g/mol. The molecule has 0 aromatic heterocycles. The van der Waals surface area contributed by atoms with Crippen LogP contribution in [0.2, 0.25) is 0 Å². The third kappa shape index (κ3) is 4.22. The lowest BCUT2D eigenvalue weighted by molar-refractivity contribution is -0.0745. The van der Waals surface area contributed by atoms with Crippen molar-refractivity contribution in [2.24, 2.45) is 5.92 Å². The molecule has 0 amide bonds. The van der Waals surface area contributed by atoms with Gasteiger partial charge in [-0.15, -0.1) is 0 Å². The zero-order valence-electron chi connectivity index (χ0n) is 14.4. The van der Waals surface area contributed by atoms with E-state index in [0.29, 0.717) is 18.2 Å². The molecule has 3 aliphatic rings. The van der Waals surface area contributed by atoms with Gasteiger partial charge in [0.05, 0.1) is 18.3 Å². The van der Waals surface area contributed by atoms with Crippen molar-refractivity contribution in [3.05, 3.63) is 0 Å². The Kier molecular flexibility index (Phi) is 5.77. The molecule has 0 radical (unpaired) electrons. The maximum Gasteiger partial charge on any atom is 0.0695 e. The molecule has 3 fully saturated rings. The summed E-state index contributed by atoms with van der Waals surface area (Å²) in [6.07, 6.45) is 7.98. The predicted octanol–water partition coefficient (Wildman–Crippen LogP) is 2.11. The number of morpholine rings is 1. The minimum Gasteiger partial charge on any atom is -0.391 e. The van der Waals surface area contributed by atoms with Gasteiger partial charge in [0.2, 0.25) is 0 Å². The van der Waals surface area contributed by atoms with E-state index in [2.05, 4.69) is 23.6 Å². The van der Waals surface area contributed by atoms with E-state index in [1.165, 1.54) is 51.7 Å². The molecule has 4 atom stereocenters. The predicted molar refractivity (Wildman–Crippen MR) is 89.0 cm³/mol. The molecule has 1 N–H and O–H groups in total. The van der Waals surface area contributed by atoms with Crippen LogP contribution in [-0.4, -0.2) is 72.0 Å². The van der Waals surface area contributed by atoms with Gasteiger partial charge in [-0.1, -0.05) is 12.8 Å². The van der Waals surface area contributed by atoms with Gasteiger partial charge in [0.1, 0.15) is 0 Å². The van der Waals surface area contributed by atoms with Crippen LogP contribution >= 0.6 is 0 Å². The van der Waals surface area contributed by atoms with Crippen molar-refractivity contribution in [1.82, 2.24) is 9.80 Å². The summed E-state index contributed by atoms with van der Waals surface area (Å²) in [5, 5.41) is 10.2. The van der Waals surface area contributed by atoms with Crippen LogP contribution in [0.25, 0.3) is 0 Å². The molecule has 0 aromatic rings. The fourth-order valence-electron chi connectivity index (χ4n) is 4.78. The van der Waals surface area contributed by atoms with E-state index >= 15 is 0 Å². The molecule has 4 unspecified atom stereocenters. The van der Waals surface area contributed by atoms with Crippen molar-refractivity contribution in [3.63, 3.8) is 0 Å². The van der Waals surface area contributed by atoms with Gasteiger partial charge in [-0.2, -0.15) is 0 Å². The van der Waals surface area contributed by atoms with E-state index in [1.807, 2.05) is 0 Å². The van der Waals surface area contributed by atoms with Crippen molar-refractivity contribution in [2.45, 2.75) is 76.7 Å². The van der Waals surface area contributed by atoms with E-state index in [0.717, 1.165) is 25.4 Å². The Bertz CT molecular complexity index is 334. The molecule has 1 aliphatic carbocycles. The lowest BCUT2D eigenvalue weighted by Crippen LogP contribution is -2.51. The first-order valence-electron chi connectivity index (χ1n) is 9.41. The number of hydrogen-bond acceptors (Lipinski definition) is 4. The summed E-state index contributed by atoms with van der Waals surface area (Å²) >= 11 is 0. The topological polar surface area (TPSA) is 35.9 Å². The van der Waals surface area contributed by atoms with Gasteiger partial charge >= 0.3 is 0 Å². The van der Waals surface area contributed by atoms with Crippen molar-refractivity contribution in [3.8, 4) is 0 Å². The lowest BCUT2D eigenvalue weighted by atomic mass is 9.88. The summed E-state index contributed by atoms with van der Waals surface area (Å²) in [7, 11) is 0. The van der Waals surface area contributed by atoms with Crippen LogP contribution in [0.5, 0.6) is 0 Å². The van der Waals surface area contributed by atoms with Gasteiger partial charge in [0.15, 0.2) is 0 Å². The quantitative estimate of drug-likeness (QED) is 0.866. The summed E-state index contributed by atoms with van der Waals surface area (Å²) < 4.78 is 5.84. The Hall–Kier alpha value is -0.160. The summed E-state index contributed by atoms with van der Waals surface area (Å²) in [5.74, 6) is 0.828. The third-order valence-electron chi connectivity index (χ3n) is 5.82. The van der Waals surface area contributed by atoms with Crippen molar-refractivity contribution >= 4 is 0 Å². The van der Waals surface area contributed by atoms with E-state index in [9.17, 15) is 5.11 Å². The largest absolute Gasteiger partial charge is 0.391 e. The molecule has 3 rings (SSSR count). The number of likely N-dealkylation sites (tertiary alicyclic amines) is 1. The first-order valence-corrected chi connectivity index (χ1v) is 9.41. The Labute approximate surface area is 135 Å². The minimum atomic E-state index is -0.0776. The van der Waals surface area contributed by atoms with E-state index in [1.54, 1.807) is 0 Å². The SMILES string of the molecule is CC1CN(CC2CCN(C3CCCCC3O)CC2)CC(C)O1. The van der Waals surface area contributed by atoms with Gasteiger partial charge in [-0.05, 0) is 58.5 Å². The average Bonchev–Trinajstić information content (AvgIpc) is 2.48. The number of nitrogens with zero attached hydrogens (tertiary/aromatic N) is 2. The molecule has 0 spiro atoms. The molecular weight excluding hydrogens is 276 g/mol. The van der Waals surface area contributed by atoms with Crippen LogP contribution in [0.3, 0.4) is 0 Å². The fourth-order valence-corrected chi connectivity index (χ4v) is 4.78. The summed E-state index contributed by atoms with van der Waals surface area (Å²) in [6, 6.07) is 0.443. The maximum absolute atomic E-state index is 10.2. The lowest BCUT2D eigenvalue weighted by Gasteiger charge is -2.43. The van der Waals surface area contributed by atoms with Crippen molar-refractivity contribution < 1.29 is 9.84 Å². The molecular formula is C18H34N2O2. The monoisotopic (exact) mass is 310 g/mol. The van der Waals surface area contributed by atoms with Gasteiger partial charge in [0.25, 0.3) is 0 Å². The Balaban J connectivity index is 1.43. The molecule has 1 saturated carbocycles. The molecule has 0 aromatic carbocycles. The van der Waals surface area contributed by atoms with Crippen LogP contribution in [0.4, 0.5) is 0 Å². The molecule has 2 heterocycles. The second-order valence-electron chi connectivity index (χ2n) is 7.87. The molecule has 2 saturated heterocycles. The summed E-state index contributed by atoms with van der Waals surface area (Å²) in [4.78, 5) is 5.18. The first-order chi connectivity index (χ1) is 10.6. The highest BCUT2D eigenvalue weighted by molar-refractivity contribution is 4.87. The van der Waals surface area contributed by atoms with Gasteiger partial charge in [-0.25, -0.2) is 0 Å². The highest BCUT2D eigenvalue weighted by Crippen LogP contribution is 2.28. The second kappa shape index (κ2) is 7.61. The number of aliphatic hydroxyl groups excluding tert-OH is 1. The first kappa shape index (κ1) is 16.7. The van der Waals surface area contributed by atoms with Crippen LogP contribution in [0, 0.1) is 5.92 Å². The molecule has 128 valence electrons. The fraction of sp³-hybridized carbons (Fsp3) is 1.00. The van der Waals surface area contributed by atoms with Crippen LogP contribution in [-0.2, 0) is 4.74 Å². The number of ether oxygens (including phenoxy) is 1. The van der Waals surface area contributed by atoms with Crippen LogP contribution in [0.15, 0.2) is 0 Å². The number of piperidine rings is 1. The van der Waals surface area contributed by atoms with E-state index in [-0.39, 0.29) is 6.10 Å². The second-order valence-corrected chi connectivity index (χ2v) is 7.87. The van der Waals surface area contributed by atoms with E-state index in [4.69, 9.17) is 4.74 Å². The summed E-state index contributed by atoms with van der Waals surface area (Å²) in [5.41, 5.74) is 0. The number of hydrogen-bond donors (Lipinski definition) is 1. The smallest absolute Gasteiger partial charge is 0.0695 e. The highest BCUT2D eigenvalue weighted by atomic mass is 16.5. The zero-order valence-corrected chi connectivity index (χ0v) is 14.4. The highest BCUT2D eigenvalue weighted by Gasteiger charge is 2.32. The van der Waals surface area contributed by atoms with Crippen LogP contribution < -0.4 is 0 Å². The maximum atomic E-state index is 10.2. The van der Waals surface area contributed by atoms with E-state index < -0.39 is 0 Å². The molecule has 4 nitrogen and oxygen atoms in total. The zero-order chi connectivity index (χ0) is 15.5. The minimum absolute atomic E-state index is 0.0776. The summed E-state index contributed by atoms with van der Waals surface area (Å²) in [6.45, 7) is 10.2. The van der Waals surface area contributed by atoms with Crippen LogP contribution in [0.1, 0.15) is 52.4 Å². The van der Waals surface area contributed by atoms with Crippen molar-refractivity contribution in [1.29, 1.82) is 0 Å². The number of aliphatic hydroxyl groups is 1. The van der Waals surface area contributed by atoms with Crippen molar-refractivity contribution in [2.75, 3.05) is 32.7 Å². The normalized spacial score (nSPS) is 40.0. The van der Waals surface area contributed by atoms with Gasteiger partial charge in [0, 0.05) is 25.7 Å². The number of rotatable bonds is 3. The standard InChI is InChI=1S/C18H34N2O2/c1-14-11-19(12-15(2)22-14)13-16-7-9-20(10-8-16)17-5-3-4-6-18(17)21/h14-18,21H,3-13H2,1-2H3. The van der Waals surface area contributed by atoms with Gasteiger partial charge < -0.3 is 9.84 Å². The Morgan fingerprint density at radius 1 is 0.955 bits per heavy atom. The molecule has 2 aliphatic heterocycles. The van der Waals surface area contributed by atoms with Gasteiger partial charge in [-0.3, -0.25) is 9.80 Å². The molecule has 22 heavy (non-hydrogen) atoms.